The van der Waals surface area contributed by atoms with Gasteiger partial charge in [0.05, 0.1) is 10.4 Å². The van der Waals surface area contributed by atoms with Gasteiger partial charge in [0.2, 0.25) is 0 Å². The van der Waals surface area contributed by atoms with E-state index < -0.39 is 0 Å². The number of carbonyl (C=O) groups is 1. The van der Waals surface area contributed by atoms with E-state index in [0.717, 1.165) is 16.6 Å². The Balaban J connectivity index is 2.11. The number of fused-ring (bicyclic) bond motifs is 1. The third-order valence-electron chi connectivity index (χ3n) is 3.21. The number of anilines is 1. The first kappa shape index (κ1) is 15.7. The van der Waals surface area contributed by atoms with E-state index in [1.165, 1.54) is 11.3 Å². The van der Waals surface area contributed by atoms with E-state index in [-0.39, 0.29) is 11.3 Å². The number of nitrogens with one attached hydrogen (secondary N) is 1. The molecule has 1 amide bonds. The lowest BCUT2D eigenvalue weighted by atomic mass is 9.93. The van der Waals surface area contributed by atoms with Crippen molar-refractivity contribution in [2.24, 2.45) is 5.41 Å². The predicted molar refractivity (Wildman–Crippen MR) is 88.7 cm³/mol. The molecule has 2 heterocycles. The van der Waals surface area contributed by atoms with Gasteiger partial charge < -0.3 is 16.0 Å². The molecule has 5 nitrogen and oxygen atoms in total. The highest BCUT2D eigenvalue weighted by atomic mass is 32.1. The minimum absolute atomic E-state index is 0.00611. The van der Waals surface area contributed by atoms with Crippen molar-refractivity contribution in [2.75, 3.05) is 32.9 Å². The molecule has 0 radical (unpaired) electrons. The highest BCUT2D eigenvalue weighted by Crippen LogP contribution is 2.32. The van der Waals surface area contributed by atoms with Gasteiger partial charge in [-0.15, -0.1) is 11.3 Å². The summed E-state index contributed by atoms with van der Waals surface area (Å²) in [5, 5.41) is 3.89. The average molecular weight is 306 g/mol. The molecule has 0 bridgehead atoms. The zero-order chi connectivity index (χ0) is 15.6. The van der Waals surface area contributed by atoms with Crippen LogP contribution in [0.3, 0.4) is 0 Å². The number of nitrogens with zero attached hydrogens (tertiary/aromatic N) is 2. The molecule has 0 saturated carbocycles. The van der Waals surface area contributed by atoms with Crippen LogP contribution in [0.25, 0.3) is 10.1 Å². The fraction of sp³-hybridized carbons (Fsp3) is 0.467. The summed E-state index contributed by atoms with van der Waals surface area (Å²) in [4.78, 5) is 19.1. The first-order chi connectivity index (χ1) is 9.80. The summed E-state index contributed by atoms with van der Waals surface area (Å²) in [6, 6.07) is 1.84. The smallest absolute Gasteiger partial charge is 0.263 e. The van der Waals surface area contributed by atoms with Gasteiger partial charge >= 0.3 is 0 Å². The lowest BCUT2D eigenvalue weighted by molar-refractivity contribution is 0.0934. The summed E-state index contributed by atoms with van der Waals surface area (Å²) in [6.07, 6.45) is 3.43. The minimum Gasteiger partial charge on any atom is -0.397 e. The summed E-state index contributed by atoms with van der Waals surface area (Å²) in [5.41, 5.74) is 6.62. The molecule has 0 fully saturated rings. The molecular formula is C15H22N4OS. The van der Waals surface area contributed by atoms with Crippen LogP contribution in [0.15, 0.2) is 18.5 Å². The number of pyridine rings is 1. The third-order valence-corrected chi connectivity index (χ3v) is 4.36. The predicted octanol–water partition coefficient (Wildman–Crippen LogP) is 2.20. The van der Waals surface area contributed by atoms with Gasteiger partial charge in [-0.2, -0.15) is 0 Å². The SMILES string of the molecule is CN(C)CC(C)(C)CNC(=O)c1sc2cnccc2c1N. The van der Waals surface area contributed by atoms with Crippen molar-refractivity contribution < 1.29 is 4.79 Å². The molecule has 6 heteroatoms. The van der Waals surface area contributed by atoms with Gasteiger partial charge in [0.1, 0.15) is 4.88 Å². The lowest BCUT2D eigenvalue weighted by Gasteiger charge is -2.28. The fourth-order valence-electron chi connectivity index (χ4n) is 2.45. The van der Waals surface area contributed by atoms with Crippen molar-refractivity contribution in [3.8, 4) is 0 Å². The number of nitrogens with two attached hydrogens (primary N) is 1. The molecule has 2 aromatic heterocycles. The van der Waals surface area contributed by atoms with Gasteiger partial charge in [-0.05, 0) is 25.6 Å². The molecular weight excluding hydrogens is 284 g/mol. The molecule has 2 aromatic rings. The number of thiophene rings is 1. The number of hydrogen-bond acceptors (Lipinski definition) is 5. The maximum absolute atomic E-state index is 12.4. The topological polar surface area (TPSA) is 71.2 Å². The maximum atomic E-state index is 12.4. The summed E-state index contributed by atoms with van der Waals surface area (Å²) >= 11 is 1.39. The van der Waals surface area contributed by atoms with Crippen LogP contribution in [0.5, 0.6) is 0 Å². The molecule has 0 aliphatic heterocycles. The maximum Gasteiger partial charge on any atom is 0.263 e. The molecule has 0 spiro atoms. The standard InChI is InChI=1S/C15H22N4OS/c1-15(2,9-19(3)4)8-18-14(20)13-12(16)10-5-6-17-7-11(10)21-13/h5-7H,8-9,16H2,1-4H3,(H,18,20). The van der Waals surface area contributed by atoms with Gasteiger partial charge in [0, 0.05) is 30.9 Å². The number of hydrogen-bond donors (Lipinski definition) is 2. The second-order valence-electron chi connectivity index (χ2n) is 6.30. The van der Waals surface area contributed by atoms with Crippen LogP contribution in [0, 0.1) is 5.41 Å². The van der Waals surface area contributed by atoms with Crippen molar-refractivity contribution in [3.63, 3.8) is 0 Å². The van der Waals surface area contributed by atoms with Crippen LogP contribution in [0.2, 0.25) is 0 Å². The summed E-state index contributed by atoms with van der Waals surface area (Å²) < 4.78 is 0.938. The van der Waals surface area contributed by atoms with Crippen LogP contribution in [-0.4, -0.2) is 43.0 Å². The molecule has 0 aliphatic rings. The summed E-state index contributed by atoms with van der Waals surface area (Å²) in [5.74, 6) is -0.111. The van der Waals surface area contributed by atoms with E-state index in [4.69, 9.17) is 5.73 Å². The van der Waals surface area contributed by atoms with Crippen LogP contribution < -0.4 is 11.1 Å². The Hall–Kier alpha value is -1.66. The Morgan fingerprint density at radius 1 is 1.48 bits per heavy atom. The van der Waals surface area contributed by atoms with Crippen molar-refractivity contribution in [1.82, 2.24) is 15.2 Å². The zero-order valence-corrected chi connectivity index (χ0v) is 13.8. The molecule has 2 rings (SSSR count). The van der Waals surface area contributed by atoms with Crippen molar-refractivity contribution in [3.05, 3.63) is 23.3 Å². The third kappa shape index (κ3) is 3.71. The van der Waals surface area contributed by atoms with Gasteiger partial charge in [-0.3, -0.25) is 9.78 Å². The zero-order valence-electron chi connectivity index (χ0n) is 12.9. The highest BCUT2D eigenvalue weighted by molar-refractivity contribution is 7.21. The van der Waals surface area contributed by atoms with Crippen LogP contribution >= 0.6 is 11.3 Å². The Kier molecular flexibility index (Phi) is 4.49. The van der Waals surface area contributed by atoms with Gasteiger partial charge in [-0.25, -0.2) is 0 Å². The Morgan fingerprint density at radius 3 is 2.81 bits per heavy atom. The molecule has 3 N–H and O–H groups in total. The van der Waals surface area contributed by atoms with Gasteiger partial charge in [0.25, 0.3) is 5.91 Å². The normalized spacial score (nSPS) is 12.0. The first-order valence-electron chi connectivity index (χ1n) is 6.85. The van der Waals surface area contributed by atoms with E-state index in [2.05, 4.69) is 29.0 Å². The Bertz CT molecular complexity index is 648. The van der Waals surface area contributed by atoms with Crippen LogP contribution in [-0.2, 0) is 0 Å². The van der Waals surface area contributed by atoms with Crippen molar-refractivity contribution in [1.29, 1.82) is 0 Å². The number of carbonyl (C=O) groups excluding carboxylic acids is 1. The Labute approximate surface area is 129 Å². The van der Waals surface area contributed by atoms with Crippen molar-refractivity contribution >= 4 is 33.0 Å². The summed E-state index contributed by atoms with van der Waals surface area (Å²) in [6.45, 7) is 5.77. The second-order valence-corrected chi connectivity index (χ2v) is 7.35. The fourth-order valence-corrected chi connectivity index (χ4v) is 3.46. The number of nitrogen functional groups attached to an aromatic ring is 1. The van der Waals surface area contributed by atoms with E-state index in [0.29, 0.717) is 17.1 Å². The molecule has 0 saturated heterocycles. The highest BCUT2D eigenvalue weighted by Gasteiger charge is 2.22. The number of amides is 1. The van der Waals surface area contributed by atoms with E-state index >= 15 is 0 Å². The van der Waals surface area contributed by atoms with E-state index in [1.54, 1.807) is 12.4 Å². The molecule has 114 valence electrons. The molecule has 0 unspecified atom stereocenters. The monoisotopic (exact) mass is 306 g/mol. The van der Waals surface area contributed by atoms with E-state index in [1.807, 2.05) is 20.2 Å². The van der Waals surface area contributed by atoms with E-state index in [9.17, 15) is 4.79 Å². The number of rotatable bonds is 5. The van der Waals surface area contributed by atoms with Gasteiger partial charge in [-0.1, -0.05) is 13.8 Å². The molecule has 0 atom stereocenters. The molecule has 0 aromatic carbocycles. The Morgan fingerprint density at radius 2 is 2.19 bits per heavy atom. The number of aromatic nitrogens is 1. The quantitative estimate of drug-likeness (QED) is 0.888. The molecule has 21 heavy (non-hydrogen) atoms. The summed E-state index contributed by atoms with van der Waals surface area (Å²) in [7, 11) is 4.06. The molecule has 0 aliphatic carbocycles. The second kappa shape index (κ2) is 5.99. The van der Waals surface area contributed by atoms with Crippen LogP contribution in [0.4, 0.5) is 5.69 Å². The lowest BCUT2D eigenvalue weighted by Crippen LogP contribution is -2.39. The van der Waals surface area contributed by atoms with Gasteiger partial charge in [0.15, 0.2) is 0 Å². The average Bonchev–Trinajstić information content (AvgIpc) is 2.73. The largest absolute Gasteiger partial charge is 0.397 e. The minimum atomic E-state index is -0.111. The van der Waals surface area contributed by atoms with Crippen LogP contribution in [0.1, 0.15) is 23.5 Å². The first-order valence-corrected chi connectivity index (χ1v) is 7.67. The van der Waals surface area contributed by atoms with Crippen molar-refractivity contribution in [2.45, 2.75) is 13.8 Å².